The number of nitrogens with zero attached hydrogens (tertiary/aromatic N) is 3. The van der Waals surface area contributed by atoms with Gasteiger partial charge in [0.1, 0.15) is 22.8 Å². The molecule has 2 aromatic heterocycles. The summed E-state index contributed by atoms with van der Waals surface area (Å²) in [6.45, 7) is 2.35. The van der Waals surface area contributed by atoms with E-state index in [-0.39, 0.29) is 12.1 Å². The van der Waals surface area contributed by atoms with Crippen LogP contribution in [0.2, 0.25) is 0 Å². The number of rotatable bonds is 6. The van der Waals surface area contributed by atoms with Gasteiger partial charge >= 0.3 is 0 Å². The highest BCUT2D eigenvalue weighted by Gasteiger charge is 2.24. The highest BCUT2D eigenvalue weighted by atomic mass is 32.1. The van der Waals surface area contributed by atoms with E-state index in [1.807, 2.05) is 6.07 Å². The van der Waals surface area contributed by atoms with Gasteiger partial charge in [-0.05, 0) is 43.4 Å². The van der Waals surface area contributed by atoms with E-state index >= 15 is 0 Å². The number of aromatic nitrogens is 3. The van der Waals surface area contributed by atoms with E-state index < -0.39 is 0 Å². The van der Waals surface area contributed by atoms with Gasteiger partial charge in [-0.15, -0.1) is 0 Å². The van der Waals surface area contributed by atoms with Crippen LogP contribution in [0.1, 0.15) is 43.9 Å². The van der Waals surface area contributed by atoms with Crippen molar-refractivity contribution in [3.05, 3.63) is 35.8 Å². The molecule has 0 saturated heterocycles. The Morgan fingerprint density at radius 1 is 1.23 bits per heavy atom. The average Bonchev–Trinajstić information content (AvgIpc) is 3.16. The minimum absolute atomic E-state index is 0.0588. The van der Waals surface area contributed by atoms with E-state index in [4.69, 9.17) is 9.72 Å². The molecular formula is C22H25N5O2S. The molecule has 1 fully saturated rings. The molecule has 0 amide bonds. The van der Waals surface area contributed by atoms with Crippen molar-refractivity contribution in [3.8, 4) is 17.6 Å². The zero-order valence-electron chi connectivity index (χ0n) is 17.1. The van der Waals surface area contributed by atoms with E-state index in [0.29, 0.717) is 18.1 Å². The number of benzene rings is 1. The van der Waals surface area contributed by atoms with Crippen LogP contribution in [0.4, 0.5) is 10.9 Å². The van der Waals surface area contributed by atoms with Crippen molar-refractivity contribution in [2.75, 3.05) is 17.7 Å². The summed E-state index contributed by atoms with van der Waals surface area (Å²) in [5.41, 5.74) is 2.53. The molecule has 0 bridgehead atoms. The molecule has 1 aromatic carbocycles. The van der Waals surface area contributed by atoms with Gasteiger partial charge in [-0.2, -0.15) is 0 Å². The summed E-state index contributed by atoms with van der Waals surface area (Å²) >= 11 is 1.58. The molecule has 1 aliphatic carbocycles. The van der Waals surface area contributed by atoms with Crippen molar-refractivity contribution in [2.24, 2.45) is 0 Å². The van der Waals surface area contributed by atoms with E-state index in [1.165, 1.54) is 0 Å². The molecule has 3 N–H and O–H groups in total. The van der Waals surface area contributed by atoms with Gasteiger partial charge in [0.25, 0.3) is 0 Å². The highest BCUT2D eigenvalue weighted by molar-refractivity contribution is 7.22. The van der Waals surface area contributed by atoms with Crippen LogP contribution in [0, 0.1) is 11.8 Å². The fourth-order valence-corrected chi connectivity index (χ4v) is 4.65. The molecule has 3 aromatic rings. The van der Waals surface area contributed by atoms with Crippen LogP contribution in [-0.2, 0) is 6.54 Å². The number of anilines is 2. The quantitative estimate of drug-likeness (QED) is 0.520. The van der Waals surface area contributed by atoms with Crippen LogP contribution in [-0.4, -0.2) is 39.3 Å². The lowest BCUT2D eigenvalue weighted by atomic mass is 9.93. The van der Waals surface area contributed by atoms with Crippen molar-refractivity contribution < 1.29 is 9.84 Å². The zero-order valence-corrected chi connectivity index (χ0v) is 17.9. The lowest BCUT2D eigenvalue weighted by Crippen LogP contribution is -2.36. The monoisotopic (exact) mass is 423 g/mol. The number of aliphatic hydroxyl groups excluding tert-OH is 1. The number of thiazole rings is 1. The van der Waals surface area contributed by atoms with E-state index in [0.717, 1.165) is 52.3 Å². The first kappa shape index (κ1) is 20.4. The summed E-state index contributed by atoms with van der Waals surface area (Å²) in [4.78, 5) is 13.3. The Bertz CT molecular complexity index is 1090. The second kappa shape index (κ2) is 9.28. The molecule has 1 saturated carbocycles. The summed E-state index contributed by atoms with van der Waals surface area (Å²) in [5.74, 6) is 7.15. The molecule has 4 rings (SSSR count). The Kier molecular flexibility index (Phi) is 6.31. The van der Waals surface area contributed by atoms with Crippen molar-refractivity contribution in [1.82, 2.24) is 15.0 Å². The van der Waals surface area contributed by atoms with Crippen molar-refractivity contribution >= 4 is 32.5 Å². The van der Waals surface area contributed by atoms with Gasteiger partial charge in [0.15, 0.2) is 5.13 Å². The molecule has 1 aliphatic rings. The Balaban J connectivity index is 1.52. The van der Waals surface area contributed by atoms with E-state index in [2.05, 4.69) is 38.5 Å². The lowest BCUT2D eigenvalue weighted by molar-refractivity contribution is 0.116. The van der Waals surface area contributed by atoms with Gasteiger partial charge in [-0.1, -0.05) is 30.1 Å². The van der Waals surface area contributed by atoms with Crippen LogP contribution in [0.15, 0.2) is 24.5 Å². The minimum Gasteiger partial charge on any atom is -0.494 e. The zero-order chi connectivity index (χ0) is 20.9. The number of fused-ring (bicyclic) bond motifs is 1. The molecule has 30 heavy (non-hydrogen) atoms. The fraction of sp³-hybridized carbons (Fsp3) is 0.409. The van der Waals surface area contributed by atoms with E-state index in [9.17, 15) is 5.11 Å². The normalized spacial score (nSPS) is 18.5. The van der Waals surface area contributed by atoms with Crippen molar-refractivity contribution in [3.63, 3.8) is 0 Å². The summed E-state index contributed by atoms with van der Waals surface area (Å²) in [7, 11) is 1.65. The summed E-state index contributed by atoms with van der Waals surface area (Å²) < 4.78 is 6.63. The van der Waals surface area contributed by atoms with Gasteiger partial charge in [-0.3, -0.25) is 4.98 Å². The smallest absolute Gasteiger partial charge is 0.184 e. The Morgan fingerprint density at radius 2 is 2.10 bits per heavy atom. The van der Waals surface area contributed by atoms with Crippen LogP contribution >= 0.6 is 11.3 Å². The number of ether oxygens (including phenoxy) is 1. The Morgan fingerprint density at radius 3 is 2.90 bits per heavy atom. The maximum absolute atomic E-state index is 10.2. The summed E-state index contributed by atoms with van der Waals surface area (Å²) in [6.07, 6.45) is 7.03. The predicted octanol–water partition coefficient (Wildman–Crippen LogP) is 3.79. The average molecular weight is 424 g/mol. The van der Waals surface area contributed by atoms with E-state index in [1.54, 1.807) is 37.8 Å². The Labute approximate surface area is 179 Å². The molecule has 8 heteroatoms. The summed E-state index contributed by atoms with van der Waals surface area (Å²) in [5, 5.41) is 17.8. The number of nitrogens with one attached hydrogen (secondary N) is 2. The molecule has 0 spiro atoms. The van der Waals surface area contributed by atoms with Gasteiger partial charge in [-0.25, -0.2) is 9.97 Å². The second-order valence-electron chi connectivity index (χ2n) is 7.28. The van der Waals surface area contributed by atoms with Gasteiger partial charge in [0.05, 0.1) is 36.3 Å². The first-order valence-corrected chi connectivity index (χ1v) is 10.9. The van der Waals surface area contributed by atoms with Crippen LogP contribution < -0.4 is 15.4 Å². The number of hydrogen-bond acceptors (Lipinski definition) is 8. The maximum atomic E-state index is 10.2. The van der Waals surface area contributed by atoms with Crippen LogP contribution in [0.5, 0.6) is 5.75 Å². The highest BCUT2D eigenvalue weighted by Crippen LogP contribution is 2.35. The van der Waals surface area contributed by atoms with Gasteiger partial charge in [0.2, 0.25) is 0 Å². The fourth-order valence-electron chi connectivity index (χ4n) is 3.64. The summed E-state index contributed by atoms with van der Waals surface area (Å²) in [6, 6.07) is 4.15. The number of methoxy groups -OCH3 is 1. The number of aliphatic hydroxyl groups is 1. The first-order valence-electron chi connectivity index (χ1n) is 10.1. The molecule has 2 heterocycles. The second-order valence-corrected chi connectivity index (χ2v) is 8.32. The van der Waals surface area contributed by atoms with Crippen LogP contribution in [0.25, 0.3) is 10.2 Å². The molecular weight excluding hydrogens is 398 g/mol. The van der Waals surface area contributed by atoms with Gasteiger partial charge in [0, 0.05) is 6.54 Å². The third-order valence-corrected chi connectivity index (χ3v) is 6.07. The van der Waals surface area contributed by atoms with Crippen LogP contribution in [0.3, 0.4) is 0 Å². The first-order chi connectivity index (χ1) is 14.7. The molecule has 0 aliphatic heterocycles. The molecule has 7 nitrogen and oxygen atoms in total. The topological polar surface area (TPSA) is 92.2 Å². The van der Waals surface area contributed by atoms with Crippen molar-refractivity contribution in [2.45, 2.75) is 51.3 Å². The largest absolute Gasteiger partial charge is 0.494 e. The molecule has 156 valence electrons. The molecule has 0 unspecified atom stereocenters. The Hall–Kier alpha value is -2.89. The standard InChI is InChI=1S/C22H25N5O2S/c1-3-6-15-12-23-13-20(25-15)24-11-14-9-18(29-2)21-19(10-14)30-22(27-21)26-16-7-4-5-8-17(16)28/h9-10,12-13,16-17,28H,4-5,7-8,11H2,1-2H3,(H,24,25)(H,26,27)/t16-,17-/m0/s1. The van der Waals surface area contributed by atoms with Gasteiger partial charge < -0.3 is 20.5 Å². The number of hydrogen-bond donors (Lipinski definition) is 3. The lowest BCUT2D eigenvalue weighted by Gasteiger charge is -2.27. The molecule has 2 atom stereocenters. The van der Waals surface area contributed by atoms with Crippen molar-refractivity contribution in [1.29, 1.82) is 0 Å². The maximum Gasteiger partial charge on any atom is 0.184 e. The third kappa shape index (κ3) is 4.64. The predicted molar refractivity (Wildman–Crippen MR) is 120 cm³/mol. The third-order valence-electron chi connectivity index (χ3n) is 5.14. The molecule has 0 radical (unpaired) electrons. The SMILES string of the molecule is CC#Cc1cncc(NCc2cc(OC)c3nc(N[C@H]4CCCC[C@@H]4O)sc3c2)n1. The minimum atomic E-state index is -0.318.